The second-order valence-electron chi connectivity index (χ2n) is 11.5. The lowest BCUT2D eigenvalue weighted by Crippen LogP contribution is -2.45. The molecule has 1 saturated carbocycles. The third-order valence-corrected chi connectivity index (χ3v) is 8.73. The van der Waals surface area contributed by atoms with Gasteiger partial charge < -0.3 is 15.5 Å². The summed E-state index contributed by atoms with van der Waals surface area (Å²) < 4.78 is 0. The number of rotatable bonds is 11. The summed E-state index contributed by atoms with van der Waals surface area (Å²) in [6.07, 6.45) is 18.7. The third-order valence-electron chi connectivity index (χ3n) is 8.73. The summed E-state index contributed by atoms with van der Waals surface area (Å²) in [4.78, 5) is 32.6. The molecule has 2 aliphatic carbocycles. The fraction of sp³-hybridized carbons (Fsp3) is 0.562. The Kier molecular flexibility index (Phi) is 10.3. The monoisotopic (exact) mass is 533 g/mol. The first-order valence-electron chi connectivity index (χ1n) is 14.6. The molecule has 0 saturated heterocycles. The number of hydrogen-bond acceptors (Lipinski definition) is 5. The number of carboxylic acid groups (broad SMARTS) is 1. The van der Waals surface area contributed by atoms with Crippen molar-refractivity contribution in [2.45, 2.75) is 84.1 Å². The van der Waals surface area contributed by atoms with Crippen molar-refractivity contribution in [2.75, 3.05) is 6.61 Å². The van der Waals surface area contributed by atoms with Crippen LogP contribution in [0.3, 0.4) is 0 Å². The Morgan fingerprint density at radius 2 is 1.69 bits per heavy atom. The van der Waals surface area contributed by atoms with Crippen LogP contribution in [0.5, 0.6) is 0 Å². The second kappa shape index (κ2) is 13.8. The van der Waals surface area contributed by atoms with Crippen molar-refractivity contribution < 1.29 is 19.8 Å². The lowest BCUT2D eigenvalue weighted by molar-refractivity contribution is -0.143. The number of hydrogen-bond donors (Lipinski definition) is 3. The Balaban J connectivity index is 1.29. The highest BCUT2D eigenvalue weighted by Gasteiger charge is 2.28. The summed E-state index contributed by atoms with van der Waals surface area (Å²) in [5.41, 5.74) is 4.34. The first-order valence-corrected chi connectivity index (χ1v) is 14.6. The number of allylic oxidation sites excluding steroid dienone is 2. The number of nitrogens with zero attached hydrogens (tertiary/aromatic N) is 2. The molecule has 1 aromatic carbocycles. The van der Waals surface area contributed by atoms with Gasteiger partial charge in [0, 0.05) is 29.4 Å². The average molecular weight is 534 g/mol. The maximum absolute atomic E-state index is 12.3. The minimum absolute atomic E-state index is 0.401. The number of aromatic nitrogens is 2. The first kappa shape index (κ1) is 28.9. The molecule has 0 spiro atoms. The molecular weight excluding hydrogens is 490 g/mol. The zero-order valence-electron chi connectivity index (χ0n) is 23.3. The predicted octanol–water partition coefficient (Wildman–Crippen LogP) is 5.67. The van der Waals surface area contributed by atoms with E-state index in [0.29, 0.717) is 12.2 Å². The van der Waals surface area contributed by atoms with Gasteiger partial charge in [-0.1, -0.05) is 69.9 Å². The Labute approximate surface area is 232 Å². The van der Waals surface area contributed by atoms with Gasteiger partial charge in [0.05, 0.1) is 6.61 Å². The molecule has 0 bridgehead atoms. The minimum atomic E-state index is -1.29. The number of carboxylic acids is 1. The molecule has 2 unspecified atom stereocenters. The van der Waals surface area contributed by atoms with Crippen molar-refractivity contribution in [3.8, 4) is 11.4 Å². The molecule has 210 valence electrons. The van der Waals surface area contributed by atoms with Crippen molar-refractivity contribution in [2.24, 2.45) is 23.7 Å². The number of aliphatic carboxylic acids is 1. The Bertz CT molecular complexity index is 1120. The molecule has 7 heteroatoms. The molecule has 1 aromatic heterocycles. The van der Waals surface area contributed by atoms with E-state index in [-0.39, 0.29) is 0 Å². The highest BCUT2D eigenvalue weighted by Crippen LogP contribution is 2.42. The highest BCUT2D eigenvalue weighted by atomic mass is 16.4. The van der Waals surface area contributed by atoms with E-state index in [9.17, 15) is 9.59 Å². The number of amides is 1. The van der Waals surface area contributed by atoms with Gasteiger partial charge in [-0.2, -0.15) is 0 Å². The minimum Gasteiger partial charge on any atom is -0.480 e. The van der Waals surface area contributed by atoms with E-state index >= 15 is 0 Å². The number of aliphatic hydroxyl groups excluding tert-OH is 1. The van der Waals surface area contributed by atoms with Gasteiger partial charge >= 0.3 is 5.97 Å². The number of benzene rings is 1. The number of aliphatic hydroxyl groups is 1. The van der Waals surface area contributed by atoms with Crippen LogP contribution in [0.1, 0.15) is 82.8 Å². The van der Waals surface area contributed by atoms with Crippen LogP contribution in [-0.4, -0.2) is 44.7 Å². The summed E-state index contributed by atoms with van der Waals surface area (Å²) in [5.74, 6) is 1.28. The van der Waals surface area contributed by atoms with Crippen LogP contribution >= 0.6 is 0 Å². The quantitative estimate of drug-likeness (QED) is 0.343. The fourth-order valence-electron chi connectivity index (χ4n) is 6.28. The van der Waals surface area contributed by atoms with Crippen LogP contribution < -0.4 is 5.32 Å². The van der Waals surface area contributed by atoms with Gasteiger partial charge in [0.15, 0.2) is 5.82 Å². The molecule has 2 aliphatic rings. The lowest BCUT2D eigenvalue weighted by Gasteiger charge is -2.35. The van der Waals surface area contributed by atoms with Crippen LogP contribution in [0.15, 0.2) is 42.7 Å². The van der Waals surface area contributed by atoms with Crippen molar-refractivity contribution in [1.82, 2.24) is 15.3 Å². The maximum Gasteiger partial charge on any atom is 0.328 e. The van der Waals surface area contributed by atoms with Gasteiger partial charge in [-0.05, 0) is 67.4 Å². The van der Waals surface area contributed by atoms with Crippen LogP contribution in [0.25, 0.3) is 17.0 Å². The van der Waals surface area contributed by atoms with Crippen molar-refractivity contribution in [3.05, 3.63) is 53.9 Å². The van der Waals surface area contributed by atoms with E-state index in [0.717, 1.165) is 40.9 Å². The standard InChI is InChI=1S/C32H43N3O4/c1-3-4-22-5-9-24(10-6-22)25-13-15-26(16-14-25)28-18-33-30(34-19-28)27-11-7-23(8-12-27)17-21(2)31(37)35-29(20-36)32(38)39/h7-8,11-12,15,18-19,21-22,24-25,29,36H,3-6,9-10,13-14,16-17,20H2,1-2H3,(H,35,37)(H,38,39)/t21?,22?,24?,25?,29-/m0/s1. The van der Waals surface area contributed by atoms with E-state index in [1.165, 1.54) is 56.9 Å². The van der Waals surface area contributed by atoms with Crippen molar-refractivity contribution in [1.29, 1.82) is 0 Å². The van der Waals surface area contributed by atoms with E-state index in [1.54, 1.807) is 6.92 Å². The molecule has 1 amide bonds. The molecule has 3 atom stereocenters. The van der Waals surface area contributed by atoms with Gasteiger partial charge in [-0.15, -0.1) is 0 Å². The Hall–Kier alpha value is -3.06. The second-order valence-corrected chi connectivity index (χ2v) is 11.5. The van der Waals surface area contributed by atoms with Gasteiger partial charge in [-0.3, -0.25) is 4.79 Å². The molecular formula is C32H43N3O4. The Morgan fingerprint density at radius 1 is 1.00 bits per heavy atom. The normalized spacial score (nSPS) is 22.9. The Morgan fingerprint density at radius 3 is 2.26 bits per heavy atom. The summed E-state index contributed by atoms with van der Waals surface area (Å²) >= 11 is 0. The summed E-state index contributed by atoms with van der Waals surface area (Å²) in [7, 11) is 0. The maximum atomic E-state index is 12.3. The first-order chi connectivity index (χ1) is 18.9. The summed E-state index contributed by atoms with van der Waals surface area (Å²) in [6, 6.07) is 6.49. The molecule has 39 heavy (non-hydrogen) atoms. The topological polar surface area (TPSA) is 112 Å². The van der Waals surface area contributed by atoms with E-state index in [4.69, 9.17) is 10.2 Å². The predicted molar refractivity (Wildman–Crippen MR) is 153 cm³/mol. The van der Waals surface area contributed by atoms with Crippen LogP contribution in [0.2, 0.25) is 0 Å². The lowest BCUT2D eigenvalue weighted by atomic mass is 9.70. The smallest absolute Gasteiger partial charge is 0.328 e. The molecule has 0 aliphatic heterocycles. The zero-order chi connectivity index (χ0) is 27.8. The van der Waals surface area contributed by atoms with Crippen LogP contribution in [-0.2, 0) is 16.0 Å². The van der Waals surface area contributed by atoms with Gasteiger partial charge in [0.2, 0.25) is 5.91 Å². The third kappa shape index (κ3) is 7.75. The van der Waals surface area contributed by atoms with Gasteiger partial charge in [-0.25, -0.2) is 14.8 Å². The number of carbonyl (C=O) groups excluding carboxylic acids is 1. The van der Waals surface area contributed by atoms with Crippen LogP contribution in [0, 0.1) is 23.7 Å². The zero-order valence-corrected chi connectivity index (χ0v) is 23.3. The molecule has 1 heterocycles. The molecule has 0 radical (unpaired) electrons. The van der Waals surface area contributed by atoms with Gasteiger partial charge in [0.25, 0.3) is 0 Å². The number of carbonyl (C=O) groups is 2. The largest absolute Gasteiger partial charge is 0.480 e. The molecule has 3 N–H and O–H groups in total. The van der Waals surface area contributed by atoms with E-state index < -0.39 is 30.4 Å². The summed E-state index contributed by atoms with van der Waals surface area (Å²) in [6.45, 7) is 3.40. The number of nitrogens with one attached hydrogen (secondary N) is 1. The SMILES string of the molecule is CCCC1CCC(C2CC=C(c3cnc(-c4ccc(CC(C)C(=O)N[C@@H](CO)C(=O)O)cc4)nc3)CC2)CC1. The van der Waals surface area contributed by atoms with Crippen molar-refractivity contribution in [3.63, 3.8) is 0 Å². The fourth-order valence-corrected chi connectivity index (χ4v) is 6.28. The highest BCUT2D eigenvalue weighted by molar-refractivity contribution is 5.85. The van der Waals surface area contributed by atoms with E-state index in [2.05, 4.69) is 28.3 Å². The van der Waals surface area contributed by atoms with E-state index in [1.807, 2.05) is 36.7 Å². The van der Waals surface area contributed by atoms with Crippen LogP contribution in [0.4, 0.5) is 0 Å². The molecule has 2 aromatic rings. The molecule has 4 rings (SSSR count). The summed E-state index contributed by atoms with van der Waals surface area (Å²) in [5, 5.41) is 20.5. The van der Waals surface area contributed by atoms with Crippen molar-refractivity contribution >= 4 is 17.4 Å². The molecule has 7 nitrogen and oxygen atoms in total. The molecule has 1 fully saturated rings. The van der Waals surface area contributed by atoms with Gasteiger partial charge in [0.1, 0.15) is 6.04 Å². The average Bonchev–Trinajstić information content (AvgIpc) is 2.97.